The summed E-state index contributed by atoms with van der Waals surface area (Å²) in [6.07, 6.45) is 0.327. The minimum atomic E-state index is -1.41. The summed E-state index contributed by atoms with van der Waals surface area (Å²) in [4.78, 5) is 28.2. The molecular formula is C18H15FN2O3. The quantitative estimate of drug-likeness (QED) is 0.878. The van der Waals surface area contributed by atoms with Crippen molar-refractivity contribution in [2.24, 2.45) is 0 Å². The molecule has 122 valence electrons. The van der Waals surface area contributed by atoms with Crippen LogP contribution in [0.15, 0.2) is 42.6 Å². The third kappa shape index (κ3) is 4.40. The van der Waals surface area contributed by atoms with Crippen molar-refractivity contribution in [3.8, 4) is 11.8 Å². The lowest BCUT2D eigenvalue weighted by Gasteiger charge is -2.19. The summed E-state index contributed by atoms with van der Waals surface area (Å²) in [6, 6.07) is 8.87. The maximum absolute atomic E-state index is 13.1. The Balaban J connectivity index is 2.08. The first-order valence-corrected chi connectivity index (χ1v) is 7.21. The van der Waals surface area contributed by atoms with E-state index in [2.05, 4.69) is 16.8 Å². The molecule has 0 aliphatic carbocycles. The fraction of sp³-hybridized carbons (Fsp3) is 0.167. The average molecular weight is 326 g/mol. The van der Waals surface area contributed by atoms with Gasteiger partial charge in [0, 0.05) is 19.0 Å². The van der Waals surface area contributed by atoms with E-state index in [4.69, 9.17) is 0 Å². The van der Waals surface area contributed by atoms with Crippen LogP contribution >= 0.6 is 0 Å². The molecule has 0 unspecified atom stereocenters. The number of hydrogen-bond acceptors (Lipinski definition) is 3. The van der Waals surface area contributed by atoms with Crippen LogP contribution < -0.4 is 4.90 Å². The van der Waals surface area contributed by atoms with Gasteiger partial charge in [-0.05, 0) is 48.7 Å². The van der Waals surface area contributed by atoms with E-state index >= 15 is 0 Å². The highest BCUT2D eigenvalue weighted by Crippen LogP contribution is 2.22. The highest BCUT2D eigenvalue weighted by Gasteiger charge is 2.23. The number of carbonyl (C=O) groups excluding carboxylic acids is 1. The van der Waals surface area contributed by atoms with Crippen molar-refractivity contribution in [3.05, 3.63) is 59.7 Å². The first-order valence-electron chi connectivity index (χ1n) is 7.21. The molecule has 0 spiro atoms. The number of imide groups is 1. The third-order valence-corrected chi connectivity index (χ3v) is 3.19. The Morgan fingerprint density at radius 2 is 2.08 bits per heavy atom. The standard InChI is InChI=1S/C18H15FN2O3/c1-13-12-14(19)9-10-16(13)21(18(23)24)17(22)8-3-2-6-15-7-4-5-11-20-15/h4-5,7,9-12H,3,8H2,1H3,(H,23,24). The summed E-state index contributed by atoms with van der Waals surface area (Å²) in [5, 5.41) is 9.29. The molecule has 0 saturated carbocycles. The largest absolute Gasteiger partial charge is 0.464 e. The maximum Gasteiger partial charge on any atom is 0.418 e. The number of anilines is 1. The monoisotopic (exact) mass is 326 g/mol. The molecule has 0 aliphatic heterocycles. The maximum atomic E-state index is 13.1. The molecule has 5 nitrogen and oxygen atoms in total. The van der Waals surface area contributed by atoms with Gasteiger partial charge in [-0.25, -0.2) is 19.1 Å². The molecule has 2 aromatic rings. The molecule has 0 radical (unpaired) electrons. The van der Waals surface area contributed by atoms with E-state index in [1.807, 2.05) is 0 Å². The lowest BCUT2D eigenvalue weighted by Crippen LogP contribution is -2.36. The van der Waals surface area contributed by atoms with Gasteiger partial charge in [-0.15, -0.1) is 0 Å². The van der Waals surface area contributed by atoms with Gasteiger partial charge >= 0.3 is 6.09 Å². The van der Waals surface area contributed by atoms with Gasteiger partial charge in [0.2, 0.25) is 5.91 Å². The fourth-order valence-electron chi connectivity index (χ4n) is 2.08. The predicted octanol–water partition coefficient (Wildman–Crippen LogP) is 3.37. The normalized spacial score (nSPS) is 9.75. The zero-order chi connectivity index (χ0) is 17.5. The second-order valence-electron chi connectivity index (χ2n) is 4.96. The van der Waals surface area contributed by atoms with E-state index < -0.39 is 17.8 Å². The summed E-state index contributed by atoms with van der Waals surface area (Å²) in [6.45, 7) is 1.54. The van der Waals surface area contributed by atoms with E-state index in [1.165, 1.54) is 12.1 Å². The third-order valence-electron chi connectivity index (χ3n) is 3.19. The van der Waals surface area contributed by atoms with Crippen molar-refractivity contribution < 1.29 is 19.1 Å². The number of aromatic nitrogens is 1. The molecule has 1 aromatic carbocycles. The second-order valence-corrected chi connectivity index (χ2v) is 4.96. The van der Waals surface area contributed by atoms with E-state index in [-0.39, 0.29) is 18.5 Å². The number of aryl methyl sites for hydroxylation is 1. The van der Waals surface area contributed by atoms with Crippen LogP contribution in [0.5, 0.6) is 0 Å². The van der Waals surface area contributed by atoms with Crippen molar-refractivity contribution in [2.75, 3.05) is 4.90 Å². The molecule has 0 fully saturated rings. The molecule has 2 amide bonds. The predicted molar refractivity (Wildman–Crippen MR) is 87.0 cm³/mol. The highest BCUT2D eigenvalue weighted by molar-refractivity contribution is 6.12. The van der Waals surface area contributed by atoms with Crippen LogP contribution in [-0.4, -0.2) is 22.1 Å². The first-order chi connectivity index (χ1) is 11.5. The molecule has 2 rings (SSSR count). The number of halogens is 1. The van der Waals surface area contributed by atoms with Gasteiger partial charge in [-0.1, -0.05) is 12.0 Å². The lowest BCUT2D eigenvalue weighted by molar-refractivity contribution is -0.118. The zero-order valence-corrected chi connectivity index (χ0v) is 13.0. The van der Waals surface area contributed by atoms with E-state index in [0.717, 1.165) is 6.07 Å². The molecule has 6 heteroatoms. The smallest absolute Gasteiger partial charge is 0.418 e. The van der Waals surface area contributed by atoms with E-state index in [0.29, 0.717) is 16.2 Å². The number of rotatable bonds is 3. The van der Waals surface area contributed by atoms with Crippen LogP contribution in [-0.2, 0) is 4.79 Å². The summed E-state index contributed by atoms with van der Waals surface area (Å²) < 4.78 is 13.1. The Kier molecular flexibility index (Phi) is 5.63. The molecule has 0 saturated heterocycles. The van der Waals surface area contributed by atoms with Crippen LogP contribution in [0.1, 0.15) is 24.1 Å². The topological polar surface area (TPSA) is 70.5 Å². The summed E-state index contributed by atoms with van der Waals surface area (Å²) in [7, 11) is 0. The Labute approximate surface area is 138 Å². The summed E-state index contributed by atoms with van der Waals surface area (Å²) in [5.74, 6) is 4.48. The molecule has 0 aliphatic rings. The number of benzene rings is 1. The Bertz CT molecular complexity index is 810. The van der Waals surface area contributed by atoms with Gasteiger partial charge in [0.05, 0.1) is 5.69 Å². The Morgan fingerprint density at radius 3 is 2.71 bits per heavy atom. The van der Waals surface area contributed by atoms with Crippen LogP contribution in [0.3, 0.4) is 0 Å². The molecule has 1 N–H and O–H groups in total. The van der Waals surface area contributed by atoms with E-state index in [1.54, 1.807) is 31.3 Å². The number of carbonyl (C=O) groups is 2. The van der Waals surface area contributed by atoms with Gasteiger partial charge in [-0.2, -0.15) is 0 Å². The van der Waals surface area contributed by atoms with Gasteiger partial charge in [0.1, 0.15) is 11.5 Å². The molecule has 1 heterocycles. The van der Waals surface area contributed by atoms with Crippen LogP contribution in [0.2, 0.25) is 0 Å². The van der Waals surface area contributed by atoms with Crippen molar-refractivity contribution >= 4 is 17.7 Å². The van der Waals surface area contributed by atoms with Crippen LogP contribution in [0.4, 0.5) is 14.9 Å². The number of hydrogen-bond donors (Lipinski definition) is 1. The van der Waals surface area contributed by atoms with Gasteiger partial charge in [-0.3, -0.25) is 4.79 Å². The summed E-state index contributed by atoms with van der Waals surface area (Å²) in [5.41, 5.74) is 1.09. The minimum Gasteiger partial charge on any atom is -0.464 e. The molecule has 0 bridgehead atoms. The minimum absolute atomic E-state index is 0.0665. The Hall–Kier alpha value is -3.20. The second kappa shape index (κ2) is 7.88. The molecule has 0 atom stereocenters. The van der Waals surface area contributed by atoms with Crippen molar-refractivity contribution in [3.63, 3.8) is 0 Å². The van der Waals surface area contributed by atoms with Crippen LogP contribution in [0.25, 0.3) is 0 Å². The number of nitrogens with zero attached hydrogens (tertiary/aromatic N) is 2. The molecule has 24 heavy (non-hydrogen) atoms. The van der Waals surface area contributed by atoms with Gasteiger partial charge in [0.25, 0.3) is 0 Å². The fourth-order valence-corrected chi connectivity index (χ4v) is 2.08. The lowest BCUT2D eigenvalue weighted by atomic mass is 10.1. The summed E-state index contributed by atoms with van der Waals surface area (Å²) >= 11 is 0. The van der Waals surface area contributed by atoms with Gasteiger partial charge < -0.3 is 5.11 Å². The van der Waals surface area contributed by atoms with Crippen molar-refractivity contribution in [2.45, 2.75) is 19.8 Å². The average Bonchev–Trinajstić information content (AvgIpc) is 2.54. The number of pyridine rings is 1. The SMILES string of the molecule is Cc1cc(F)ccc1N(C(=O)O)C(=O)CCC#Cc1ccccn1. The first kappa shape index (κ1) is 17.2. The number of carboxylic acid groups (broad SMARTS) is 1. The molecular weight excluding hydrogens is 311 g/mol. The Morgan fingerprint density at radius 1 is 1.29 bits per heavy atom. The highest BCUT2D eigenvalue weighted by atomic mass is 19.1. The van der Waals surface area contributed by atoms with E-state index in [9.17, 15) is 19.1 Å². The van der Waals surface area contributed by atoms with Gasteiger partial charge in [0.15, 0.2) is 0 Å². The number of amides is 2. The van der Waals surface area contributed by atoms with Crippen molar-refractivity contribution in [1.29, 1.82) is 0 Å². The molecule has 1 aromatic heterocycles. The van der Waals surface area contributed by atoms with Crippen LogP contribution in [0, 0.1) is 24.6 Å². The van der Waals surface area contributed by atoms with Crippen molar-refractivity contribution in [1.82, 2.24) is 4.98 Å². The zero-order valence-electron chi connectivity index (χ0n) is 13.0.